The van der Waals surface area contributed by atoms with Gasteiger partial charge in [0.15, 0.2) is 0 Å². The van der Waals surface area contributed by atoms with Gasteiger partial charge in [0.05, 0.1) is 0 Å². The van der Waals surface area contributed by atoms with E-state index in [0.717, 1.165) is 21.9 Å². The minimum atomic E-state index is 0.335. The molecule has 0 heterocycles. The Kier molecular flexibility index (Phi) is 3.09. The van der Waals surface area contributed by atoms with Crippen LogP contribution in [0.25, 0.3) is 32.7 Å². The quantitative estimate of drug-likeness (QED) is 0.458. The lowest BCUT2D eigenvalue weighted by Crippen LogP contribution is -1.91. The molecule has 1 N–H and O–H groups in total. The monoisotopic (exact) mass is 298 g/mol. The summed E-state index contributed by atoms with van der Waals surface area (Å²) in [5.74, 6) is 0.335. The molecule has 0 spiro atoms. The average molecular weight is 298 g/mol. The van der Waals surface area contributed by atoms with Crippen LogP contribution in [0.1, 0.15) is 11.1 Å². The van der Waals surface area contributed by atoms with Gasteiger partial charge in [-0.2, -0.15) is 0 Å². The molecule has 1 nitrogen and oxygen atoms in total. The largest absolute Gasteiger partial charge is 0.507 e. The molecule has 0 saturated carbocycles. The van der Waals surface area contributed by atoms with Crippen LogP contribution in [-0.4, -0.2) is 5.11 Å². The Labute approximate surface area is 135 Å². The second-order valence-electron chi connectivity index (χ2n) is 6.09. The third kappa shape index (κ3) is 2.08. The molecular weight excluding hydrogens is 280 g/mol. The lowest BCUT2D eigenvalue weighted by atomic mass is 9.89. The van der Waals surface area contributed by atoms with Crippen LogP contribution in [-0.2, 0) is 0 Å². The van der Waals surface area contributed by atoms with Crippen LogP contribution in [0.4, 0.5) is 0 Å². The van der Waals surface area contributed by atoms with Crippen molar-refractivity contribution in [1.82, 2.24) is 0 Å². The number of aromatic hydroxyl groups is 1. The second kappa shape index (κ2) is 5.13. The minimum absolute atomic E-state index is 0.335. The molecule has 4 aromatic rings. The first-order valence-corrected chi connectivity index (χ1v) is 7.87. The Bertz CT molecular complexity index is 1040. The number of aryl methyl sites for hydroxylation is 2. The summed E-state index contributed by atoms with van der Waals surface area (Å²) in [6.45, 7) is 4.27. The van der Waals surface area contributed by atoms with Gasteiger partial charge in [-0.3, -0.25) is 0 Å². The first kappa shape index (κ1) is 13.8. The summed E-state index contributed by atoms with van der Waals surface area (Å²) < 4.78 is 0. The molecule has 4 rings (SSSR count). The van der Waals surface area contributed by atoms with Crippen LogP contribution in [0.3, 0.4) is 0 Å². The van der Waals surface area contributed by atoms with E-state index in [1.807, 2.05) is 18.2 Å². The summed E-state index contributed by atoms with van der Waals surface area (Å²) in [6.07, 6.45) is 0. The summed E-state index contributed by atoms with van der Waals surface area (Å²) in [5.41, 5.74) is 4.47. The summed E-state index contributed by atoms with van der Waals surface area (Å²) in [4.78, 5) is 0. The Hall–Kier alpha value is -2.80. The van der Waals surface area contributed by atoms with Crippen molar-refractivity contribution in [2.24, 2.45) is 0 Å². The van der Waals surface area contributed by atoms with E-state index in [2.05, 4.69) is 56.3 Å². The number of hydrogen-bond donors (Lipinski definition) is 1. The van der Waals surface area contributed by atoms with Crippen molar-refractivity contribution in [2.75, 3.05) is 0 Å². The number of fused-ring (bicyclic) bond motifs is 2. The van der Waals surface area contributed by atoms with Gasteiger partial charge < -0.3 is 5.11 Å². The van der Waals surface area contributed by atoms with Crippen molar-refractivity contribution < 1.29 is 5.11 Å². The van der Waals surface area contributed by atoms with E-state index in [9.17, 15) is 5.11 Å². The number of phenolic OH excluding ortho intramolecular Hbond substituents is 1. The van der Waals surface area contributed by atoms with Crippen LogP contribution in [0.2, 0.25) is 0 Å². The summed E-state index contributed by atoms with van der Waals surface area (Å²) in [7, 11) is 0. The van der Waals surface area contributed by atoms with Crippen molar-refractivity contribution in [1.29, 1.82) is 0 Å². The van der Waals surface area contributed by atoms with E-state index in [1.54, 1.807) is 6.07 Å². The lowest BCUT2D eigenvalue weighted by Gasteiger charge is -2.16. The van der Waals surface area contributed by atoms with Crippen LogP contribution >= 0.6 is 0 Å². The molecule has 112 valence electrons. The molecule has 0 aliphatic heterocycles. The number of phenols is 1. The van der Waals surface area contributed by atoms with Crippen molar-refractivity contribution >= 4 is 21.5 Å². The Morgan fingerprint density at radius 2 is 1.35 bits per heavy atom. The standard InChI is InChI=1S/C22H18O/c1-14-13-20(15(2)18-9-6-5-8-17(14)18)22-19-10-4-3-7-16(19)11-12-21(22)23/h3-13,23H,1-2H3. The highest BCUT2D eigenvalue weighted by Crippen LogP contribution is 2.40. The van der Waals surface area contributed by atoms with Crippen molar-refractivity contribution in [3.05, 3.63) is 77.9 Å². The molecule has 23 heavy (non-hydrogen) atoms. The fourth-order valence-electron chi connectivity index (χ4n) is 3.50. The first-order chi connectivity index (χ1) is 11.2. The smallest absolute Gasteiger partial charge is 0.124 e. The van der Waals surface area contributed by atoms with Gasteiger partial charge in [0.25, 0.3) is 0 Å². The van der Waals surface area contributed by atoms with Crippen molar-refractivity contribution in [3.8, 4) is 16.9 Å². The molecule has 0 radical (unpaired) electrons. The van der Waals surface area contributed by atoms with Crippen LogP contribution in [0, 0.1) is 13.8 Å². The molecule has 0 bridgehead atoms. The maximum absolute atomic E-state index is 10.5. The van der Waals surface area contributed by atoms with Gasteiger partial charge in [-0.1, -0.05) is 60.7 Å². The molecule has 4 aromatic carbocycles. The zero-order valence-corrected chi connectivity index (χ0v) is 13.3. The molecule has 0 saturated heterocycles. The van der Waals surface area contributed by atoms with E-state index in [1.165, 1.54) is 21.9 Å². The normalized spacial score (nSPS) is 11.2. The topological polar surface area (TPSA) is 20.2 Å². The highest BCUT2D eigenvalue weighted by atomic mass is 16.3. The van der Waals surface area contributed by atoms with Gasteiger partial charge in [-0.15, -0.1) is 0 Å². The second-order valence-corrected chi connectivity index (χ2v) is 6.09. The van der Waals surface area contributed by atoms with Gasteiger partial charge in [-0.05, 0) is 58.1 Å². The van der Waals surface area contributed by atoms with Gasteiger partial charge in [0, 0.05) is 5.56 Å². The summed E-state index contributed by atoms with van der Waals surface area (Å²) in [5, 5.41) is 15.3. The van der Waals surface area contributed by atoms with Gasteiger partial charge >= 0.3 is 0 Å². The molecular formula is C22H18O. The van der Waals surface area contributed by atoms with E-state index >= 15 is 0 Å². The molecule has 1 heteroatoms. The maximum atomic E-state index is 10.5. The number of rotatable bonds is 1. The van der Waals surface area contributed by atoms with Gasteiger partial charge in [0.1, 0.15) is 5.75 Å². The fraction of sp³-hybridized carbons (Fsp3) is 0.0909. The maximum Gasteiger partial charge on any atom is 0.124 e. The average Bonchev–Trinajstić information content (AvgIpc) is 2.58. The zero-order valence-electron chi connectivity index (χ0n) is 13.3. The summed E-state index contributed by atoms with van der Waals surface area (Å²) in [6, 6.07) is 22.6. The molecule has 0 fully saturated rings. The Morgan fingerprint density at radius 1 is 0.696 bits per heavy atom. The van der Waals surface area contributed by atoms with Crippen LogP contribution in [0.5, 0.6) is 5.75 Å². The van der Waals surface area contributed by atoms with E-state index in [4.69, 9.17) is 0 Å². The first-order valence-electron chi connectivity index (χ1n) is 7.87. The Morgan fingerprint density at radius 3 is 2.13 bits per heavy atom. The van der Waals surface area contributed by atoms with Gasteiger partial charge in [-0.25, -0.2) is 0 Å². The highest BCUT2D eigenvalue weighted by molar-refractivity contribution is 6.04. The third-order valence-electron chi connectivity index (χ3n) is 4.70. The van der Waals surface area contributed by atoms with Crippen LogP contribution in [0.15, 0.2) is 66.7 Å². The Balaban J connectivity index is 2.15. The number of benzene rings is 4. The molecule has 0 aromatic heterocycles. The van der Waals surface area contributed by atoms with E-state index in [0.29, 0.717) is 5.75 Å². The van der Waals surface area contributed by atoms with E-state index < -0.39 is 0 Å². The van der Waals surface area contributed by atoms with E-state index in [-0.39, 0.29) is 0 Å². The fourth-order valence-corrected chi connectivity index (χ4v) is 3.50. The predicted molar refractivity (Wildman–Crippen MR) is 98.0 cm³/mol. The van der Waals surface area contributed by atoms with Gasteiger partial charge in [0.2, 0.25) is 0 Å². The molecule has 0 atom stereocenters. The number of hydrogen-bond acceptors (Lipinski definition) is 1. The summed E-state index contributed by atoms with van der Waals surface area (Å²) >= 11 is 0. The SMILES string of the molecule is Cc1cc(-c2c(O)ccc3ccccc23)c(C)c2ccccc12. The van der Waals surface area contributed by atoms with Crippen LogP contribution < -0.4 is 0 Å². The van der Waals surface area contributed by atoms with Crippen molar-refractivity contribution in [2.45, 2.75) is 13.8 Å². The molecule has 0 unspecified atom stereocenters. The third-order valence-corrected chi connectivity index (χ3v) is 4.70. The zero-order chi connectivity index (χ0) is 16.0. The molecule has 0 amide bonds. The van der Waals surface area contributed by atoms with Crippen molar-refractivity contribution in [3.63, 3.8) is 0 Å². The molecule has 0 aliphatic carbocycles. The highest BCUT2D eigenvalue weighted by Gasteiger charge is 2.14. The minimum Gasteiger partial charge on any atom is -0.507 e. The predicted octanol–water partition coefficient (Wildman–Crippen LogP) is 5.98. The lowest BCUT2D eigenvalue weighted by molar-refractivity contribution is 0.478. The molecule has 0 aliphatic rings.